The first-order valence-corrected chi connectivity index (χ1v) is 10.4. The minimum atomic E-state index is -1.77. The van der Waals surface area contributed by atoms with E-state index < -0.39 is 15.9 Å². The second kappa shape index (κ2) is 10.3. The molecule has 3 N–H and O–H groups in total. The molecule has 0 aliphatic rings. The Balaban J connectivity index is 2.01. The summed E-state index contributed by atoms with van der Waals surface area (Å²) in [5.74, 6) is -0.396. The number of aryl methyl sites for hydroxylation is 2. The molecule has 0 aromatic heterocycles. The Morgan fingerprint density at radius 3 is 2.21 bits per heavy atom. The number of hydrogen-bond donors (Lipinski definition) is 3. The Morgan fingerprint density at radius 1 is 1.04 bits per heavy atom. The van der Waals surface area contributed by atoms with Crippen molar-refractivity contribution in [1.29, 1.82) is 0 Å². The van der Waals surface area contributed by atoms with Gasteiger partial charge in [0.25, 0.3) is 0 Å². The van der Waals surface area contributed by atoms with Crippen LogP contribution in [0.1, 0.15) is 16.7 Å². The molecular weight excluding hydrogens is 484 g/mol. The Bertz CT molecular complexity index is 846. The summed E-state index contributed by atoms with van der Waals surface area (Å²) in [6.45, 7) is 4.02. The van der Waals surface area contributed by atoms with Crippen LogP contribution >= 0.6 is 34.8 Å². The van der Waals surface area contributed by atoms with Gasteiger partial charge in [0, 0.05) is 0 Å². The van der Waals surface area contributed by atoms with Gasteiger partial charge in [-0.25, -0.2) is 0 Å². The molecule has 0 radical (unpaired) electrons. The van der Waals surface area contributed by atoms with E-state index in [0.717, 1.165) is 22.4 Å². The first kappa shape index (κ1) is 22.8. The zero-order chi connectivity index (χ0) is 20.7. The van der Waals surface area contributed by atoms with Crippen LogP contribution in [0.4, 0.5) is 5.69 Å². The second-order valence-electron chi connectivity index (χ2n) is 6.20. The van der Waals surface area contributed by atoms with Crippen molar-refractivity contribution in [1.82, 2.24) is 10.6 Å². The fourth-order valence-corrected chi connectivity index (χ4v) is 3.29. The van der Waals surface area contributed by atoms with Gasteiger partial charge in [0.05, 0.1) is 0 Å². The van der Waals surface area contributed by atoms with Gasteiger partial charge in [0.15, 0.2) is 0 Å². The van der Waals surface area contributed by atoms with Crippen LogP contribution in [0.15, 0.2) is 54.6 Å². The van der Waals surface area contributed by atoms with Crippen LogP contribution in [-0.4, -0.2) is 36.1 Å². The van der Waals surface area contributed by atoms with E-state index in [9.17, 15) is 4.79 Å². The van der Waals surface area contributed by atoms with Gasteiger partial charge >= 0.3 is 189 Å². The van der Waals surface area contributed by atoms with Crippen LogP contribution in [0, 0.1) is 13.8 Å². The number of carbonyl (C=O) groups is 1. The van der Waals surface area contributed by atoms with E-state index in [1.54, 1.807) is 6.08 Å². The number of benzene rings is 2. The molecule has 148 valence electrons. The van der Waals surface area contributed by atoms with Gasteiger partial charge in [-0.15, -0.1) is 0 Å². The molecule has 0 fully saturated rings. The molecule has 4 nitrogen and oxygen atoms in total. The SMILES string of the molecule is Cc1cc(C)cc(NC(=[Se])NC(NC(=O)/C=C/c2ccccc2)C(Cl)(Cl)Cl)c1. The maximum absolute atomic E-state index is 12.2. The molecule has 28 heavy (non-hydrogen) atoms. The van der Waals surface area contributed by atoms with Gasteiger partial charge in [0.1, 0.15) is 0 Å². The Hall–Kier alpha value is -1.49. The van der Waals surface area contributed by atoms with Crippen LogP contribution in [0.3, 0.4) is 0 Å². The van der Waals surface area contributed by atoms with E-state index in [1.807, 2.05) is 56.3 Å². The molecule has 0 spiro atoms. The van der Waals surface area contributed by atoms with Gasteiger partial charge in [0.2, 0.25) is 0 Å². The molecule has 2 rings (SSSR count). The number of hydrogen-bond acceptors (Lipinski definition) is 3. The van der Waals surface area contributed by atoms with Gasteiger partial charge in [-0.1, -0.05) is 0 Å². The predicted molar refractivity (Wildman–Crippen MR) is 121 cm³/mol. The van der Waals surface area contributed by atoms with Gasteiger partial charge in [-0.05, 0) is 0 Å². The summed E-state index contributed by atoms with van der Waals surface area (Å²) in [7, 11) is 0. The fraction of sp³-hybridized carbons (Fsp3) is 0.200. The van der Waals surface area contributed by atoms with Crippen molar-refractivity contribution in [2.75, 3.05) is 5.32 Å². The van der Waals surface area contributed by atoms with E-state index in [2.05, 4.69) is 37.6 Å². The molecule has 8 heteroatoms. The predicted octanol–water partition coefficient (Wildman–Crippen LogP) is 4.09. The van der Waals surface area contributed by atoms with Crippen molar-refractivity contribution in [3.05, 3.63) is 71.3 Å². The van der Waals surface area contributed by atoms with E-state index in [0.29, 0.717) is 4.67 Å². The van der Waals surface area contributed by atoms with Crippen molar-refractivity contribution in [3.8, 4) is 0 Å². The van der Waals surface area contributed by atoms with Crippen molar-refractivity contribution < 1.29 is 4.79 Å². The summed E-state index contributed by atoms with van der Waals surface area (Å²) < 4.78 is -1.26. The van der Waals surface area contributed by atoms with Gasteiger partial charge < -0.3 is 0 Å². The number of rotatable bonds is 7. The van der Waals surface area contributed by atoms with E-state index in [1.165, 1.54) is 6.08 Å². The van der Waals surface area contributed by atoms with Crippen LogP contribution in [0.2, 0.25) is 0 Å². The molecule has 0 saturated carbocycles. The standard InChI is InChI=1S/C20H20Cl3N3OSe/c1-13-10-14(2)12-16(11-13)24-19(28)26-18(20(21,22)23)25-17(27)9-8-15-6-4-3-5-7-15/h3-12,18H,1-2H3,(H,25,27)(H2,24,26,28)/b9-8+. The summed E-state index contributed by atoms with van der Waals surface area (Å²) in [5, 5.41) is 8.78. The average molecular weight is 504 g/mol. The number of amides is 1. The molecule has 2 aromatic carbocycles. The third-order valence-electron chi connectivity index (χ3n) is 3.60. The molecule has 2 aromatic rings. The van der Waals surface area contributed by atoms with Crippen molar-refractivity contribution in [3.63, 3.8) is 0 Å². The second-order valence-corrected chi connectivity index (χ2v) is 9.43. The third kappa shape index (κ3) is 7.86. The van der Waals surface area contributed by atoms with Gasteiger partial charge in [-0.2, -0.15) is 0 Å². The minimum absolute atomic E-state index is 0.396. The maximum atomic E-state index is 12.2. The van der Waals surface area contributed by atoms with E-state index >= 15 is 0 Å². The van der Waals surface area contributed by atoms with Crippen molar-refractivity contribution in [2.45, 2.75) is 23.8 Å². The molecule has 0 bridgehead atoms. The fourth-order valence-electron chi connectivity index (χ4n) is 2.47. The van der Waals surface area contributed by atoms with Crippen LogP contribution in [0.5, 0.6) is 0 Å². The quantitative estimate of drug-likeness (QED) is 0.231. The zero-order valence-corrected chi connectivity index (χ0v) is 19.3. The third-order valence-corrected chi connectivity index (χ3v) is 4.71. The molecule has 0 heterocycles. The summed E-state index contributed by atoms with van der Waals surface area (Å²) in [4.78, 5) is 12.2. The van der Waals surface area contributed by atoms with Crippen LogP contribution in [0.25, 0.3) is 6.08 Å². The van der Waals surface area contributed by atoms with Crippen LogP contribution in [-0.2, 0) is 4.79 Å². The molecule has 1 amide bonds. The van der Waals surface area contributed by atoms with E-state index in [-0.39, 0.29) is 0 Å². The molecule has 1 unspecified atom stereocenters. The molecule has 0 saturated heterocycles. The number of anilines is 1. The first-order valence-electron chi connectivity index (χ1n) is 8.39. The summed E-state index contributed by atoms with van der Waals surface area (Å²) in [6.07, 6.45) is 2.11. The number of halogens is 3. The Kier molecular flexibility index (Phi) is 8.41. The topological polar surface area (TPSA) is 53.2 Å². The summed E-state index contributed by atoms with van der Waals surface area (Å²) in [6, 6.07) is 15.5. The molecule has 0 aliphatic heterocycles. The molecular formula is C20H20Cl3N3OSe. The van der Waals surface area contributed by atoms with Crippen molar-refractivity contribution >= 4 is 72.7 Å². The van der Waals surface area contributed by atoms with Crippen molar-refractivity contribution in [2.24, 2.45) is 0 Å². The average Bonchev–Trinajstić information content (AvgIpc) is 2.58. The number of alkyl halides is 3. The molecule has 1 atom stereocenters. The van der Waals surface area contributed by atoms with E-state index in [4.69, 9.17) is 34.8 Å². The van der Waals surface area contributed by atoms with Gasteiger partial charge in [-0.3, -0.25) is 0 Å². The van der Waals surface area contributed by atoms with Crippen LogP contribution < -0.4 is 16.0 Å². The zero-order valence-electron chi connectivity index (χ0n) is 15.3. The molecule has 0 aliphatic carbocycles. The monoisotopic (exact) mass is 503 g/mol. The Morgan fingerprint density at radius 2 is 1.64 bits per heavy atom. The number of nitrogens with one attached hydrogen (secondary N) is 3. The normalized spacial score (nSPS) is 12.5. The summed E-state index contributed by atoms with van der Waals surface area (Å²) in [5.41, 5.74) is 4.00. The Labute approximate surface area is 188 Å². The summed E-state index contributed by atoms with van der Waals surface area (Å²) >= 11 is 20.9. The number of carbonyl (C=O) groups excluding carboxylic acids is 1. The first-order chi connectivity index (χ1) is 13.1.